The molecule has 0 unspecified atom stereocenters. The first-order valence-electron chi connectivity index (χ1n) is 19.7. The van der Waals surface area contributed by atoms with E-state index in [2.05, 4.69) is 16.0 Å². The maximum absolute atomic E-state index is 14.5. The van der Waals surface area contributed by atoms with E-state index >= 15 is 0 Å². The van der Waals surface area contributed by atoms with Crippen LogP contribution in [0.4, 0.5) is 4.39 Å². The van der Waals surface area contributed by atoms with Crippen molar-refractivity contribution < 1.29 is 42.7 Å². The van der Waals surface area contributed by atoms with E-state index in [-0.39, 0.29) is 19.5 Å². The summed E-state index contributed by atoms with van der Waals surface area (Å²) in [5.74, 6) is -4.69. The number of ether oxygens (including phenoxy) is 1. The van der Waals surface area contributed by atoms with Gasteiger partial charge in [0, 0.05) is 26.6 Å². The van der Waals surface area contributed by atoms with Crippen molar-refractivity contribution >= 4 is 41.4 Å². The fourth-order valence-corrected chi connectivity index (χ4v) is 8.24. The molecule has 300 valence electrons. The zero-order valence-electron chi connectivity index (χ0n) is 32.2. The predicted octanol–water partition coefficient (Wildman–Crippen LogP) is 2.29. The van der Waals surface area contributed by atoms with Crippen LogP contribution in [0.1, 0.15) is 96.5 Å². The SMILES string of the molecule is CCCC/C=C/C(=O)N[C@@H](Cc1cccc(F)c1)C(=O)N[C@H]1COC(=O)[C@H]2CCCN2C(=O)[C@H](C)NC(=O)C2(CCCCC2)N(C)C(=O)[C@H]2CCCN2C1=O. The van der Waals surface area contributed by atoms with Gasteiger partial charge in [0.1, 0.15) is 48.2 Å². The second kappa shape index (κ2) is 18.7. The van der Waals surface area contributed by atoms with Crippen LogP contribution in [-0.2, 0) is 44.7 Å². The summed E-state index contributed by atoms with van der Waals surface area (Å²) in [5, 5.41) is 8.20. The van der Waals surface area contributed by atoms with E-state index in [1.54, 1.807) is 26.1 Å². The van der Waals surface area contributed by atoms with Crippen molar-refractivity contribution in [3.8, 4) is 0 Å². The number of unbranched alkanes of at least 4 members (excludes halogenated alkanes) is 2. The molecule has 4 fully saturated rings. The van der Waals surface area contributed by atoms with Gasteiger partial charge in [0.25, 0.3) is 0 Å². The minimum absolute atomic E-state index is 0.115. The van der Waals surface area contributed by atoms with Crippen molar-refractivity contribution in [2.45, 2.75) is 133 Å². The zero-order chi connectivity index (χ0) is 39.7. The number of halogens is 1. The number of nitrogens with zero attached hydrogens (tertiary/aromatic N) is 3. The fourth-order valence-electron chi connectivity index (χ4n) is 8.24. The number of cyclic esters (lactones) is 1. The van der Waals surface area contributed by atoms with Gasteiger partial charge in [-0.2, -0.15) is 0 Å². The lowest BCUT2D eigenvalue weighted by atomic mass is 9.79. The van der Waals surface area contributed by atoms with E-state index in [0.29, 0.717) is 63.4 Å². The number of hydrogen-bond donors (Lipinski definition) is 3. The minimum atomic E-state index is -1.48. The number of esters is 1. The number of rotatable bonds is 9. The summed E-state index contributed by atoms with van der Waals surface area (Å²) in [7, 11) is 1.57. The molecule has 3 heterocycles. The summed E-state index contributed by atoms with van der Waals surface area (Å²) >= 11 is 0. The van der Waals surface area contributed by atoms with Crippen LogP contribution >= 0.6 is 0 Å². The van der Waals surface area contributed by atoms with Crippen LogP contribution in [0.15, 0.2) is 36.4 Å². The van der Waals surface area contributed by atoms with Crippen LogP contribution < -0.4 is 16.0 Å². The van der Waals surface area contributed by atoms with Crippen LogP contribution in [0, 0.1) is 5.82 Å². The van der Waals surface area contributed by atoms with Gasteiger partial charge in [-0.25, -0.2) is 9.18 Å². The van der Waals surface area contributed by atoms with E-state index in [9.17, 15) is 38.0 Å². The van der Waals surface area contributed by atoms with Gasteiger partial charge in [0.05, 0.1) is 0 Å². The van der Waals surface area contributed by atoms with Crippen LogP contribution in [0.3, 0.4) is 0 Å². The fraction of sp³-hybridized carbons (Fsp3) is 0.625. The Morgan fingerprint density at radius 1 is 0.982 bits per heavy atom. The lowest BCUT2D eigenvalue weighted by molar-refractivity contribution is -0.160. The van der Waals surface area contributed by atoms with Crippen molar-refractivity contribution in [1.29, 1.82) is 0 Å². The number of amides is 6. The molecule has 3 aliphatic heterocycles. The third-order valence-electron chi connectivity index (χ3n) is 11.4. The number of benzene rings is 1. The number of allylic oxidation sites excluding steroid dienone is 1. The maximum atomic E-state index is 14.5. The quantitative estimate of drug-likeness (QED) is 0.195. The number of nitrogens with one attached hydrogen (secondary N) is 3. The van der Waals surface area contributed by atoms with E-state index in [4.69, 9.17) is 4.74 Å². The highest BCUT2D eigenvalue weighted by atomic mass is 19.1. The predicted molar refractivity (Wildman–Crippen MR) is 199 cm³/mol. The van der Waals surface area contributed by atoms with Gasteiger partial charge in [0.15, 0.2) is 0 Å². The molecule has 3 saturated heterocycles. The molecule has 55 heavy (non-hydrogen) atoms. The molecule has 0 bridgehead atoms. The smallest absolute Gasteiger partial charge is 0.328 e. The first-order chi connectivity index (χ1) is 26.4. The Morgan fingerprint density at radius 3 is 2.36 bits per heavy atom. The number of hydrogen-bond acceptors (Lipinski definition) is 8. The van der Waals surface area contributed by atoms with Gasteiger partial charge in [-0.15, -0.1) is 0 Å². The molecule has 1 spiro atoms. The van der Waals surface area contributed by atoms with E-state index in [0.717, 1.165) is 19.3 Å². The molecule has 1 aromatic rings. The van der Waals surface area contributed by atoms with Crippen molar-refractivity contribution in [3.63, 3.8) is 0 Å². The second-order valence-corrected chi connectivity index (χ2v) is 15.2. The average Bonchev–Trinajstić information content (AvgIpc) is 3.87. The standard InChI is InChI=1S/C40H55FN6O8/c1-4-5-6-8-18-33(48)43-29(24-27-14-11-15-28(41)23-27)34(49)44-30-25-55-38(53)32-17-13-22-47(32)35(50)26(2)42-39(54)40(19-9-7-10-20-40)45(3)37(52)31-16-12-21-46(31)36(30)51/h8,11,14-15,18,23,26,29-32H,4-7,9-10,12-13,16-17,19-22,24-25H2,1-3H3,(H,42,54)(H,43,48)(H,44,49)/b18-8+/t26-,29-,30-,31+,32+/m0/s1. The highest BCUT2D eigenvalue weighted by Crippen LogP contribution is 2.35. The van der Waals surface area contributed by atoms with Gasteiger partial charge < -0.3 is 35.4 Å². The summed E-state index contributed by atoms with van der Waals surface area (Å²) in [6.45, 7) is 3.41. The molecule has 6 amide bonds. The van der Waals surface area contributed by atoms with Crippen LogP contribution in [0.2, 0.25) is 0 Å². The number of likely N-dealkylation sites (N-methyl/N-ethyl adjacent to an activating group) is 1. The first-order valence-corrected chi connectivity index (χ1v) is 19.7. The molecule has 3 N–H and O–H groups in total. The monoisotopic (exact) mass is 766 g/mol. The Hall–Kier alpha value is -4.82. The highest BCUT2D eigenvalue weighted by Gasteiger charge is 2.50. The molecule has 1 aliphatic carbocycles. The van der Waals surface area contributed by atoms with Crippen LogP contribution in [0.25, 0.3) is 0 Å². The number of carbonyl (C=O) groups excluding carboxylic acids is 7. The maximum Gasteiger partial charge on any atom is 0.328 e. The molecule has 0 aromatic heterocycles. The van der Waals surface area contributed by atoms with Crippen molar-refractivity contribution in [2.24, 2.45) is 0 Å². The van der Waals surface area contributed by atoms with Gasteiger partial charge in [-0.05, 0) is 75.6 Å². The first kappa shape index (κ1) is 41.3. The second-order valence-electron chi connectivity index (χ2n) is 15.2. The van der Waals surface area contributed by atoms with Crippen molar-refractivity contribution in [3.05, 3.63) is 47.8 Å². The molecular formula is C40H55FN6O8. The zero-order valence-corrected chi connectivity index (χ0v) is 32.2. The Bertz CT molecular complexity index is 1650. The number of carbonyl (C=O) groups is 7. The average molecular weight is 767 g/mol. The molecule has 15 heteroatoms. The largest absolute Gasteiger partial charge is 0.461 e. The Balaban J connectivity index is 1.47. The summed E-state index contributed by atoms with van der Waals surface area (Å²) < 4.78 is 19.9. The van der Waals surface area contributed by atoms with E-state index in [1.807, 2.05) is 6.92 Å². The summed E-state index contributed by atoms with van der Waals surface area (Å²) in [6, 6.07) is -0.0713. The van der Waals surface area contributed by atoms with E-state index in [1.165, 1.54) is 39.0 Å². The molecule has 5 rings (SSSR count). The van der Waals surface area contributed by atoms with Gasteiger partial charge in [0.2, 0.25) is 35.4 Å². The van der Waals surface area contributed by atoms with Crippen LogP contribution in [0.5, 0.6) is 0 Å². The highest BCUT2D eigenvalue weighted by molar-refractivity contribution is 5.99. The minimum Gasteiger partial charge on any atom is -0.461 e. The Kier molecular flexibility index (Phi) is 14.0. The van der Waals surface area contributed by atoms with Gasteiger partial charge >= 0.3 is 5.97 Å². The summed E-state index contributed by atoms with van der Waals surface area (Å²) in [6.07, 6.45) is 9.99. The summed E-state index contributed by atoms with van der Waals surface area (Å²) in [4.78, 5) is 101. The van der Waals surface area contributed by atoms with Crippen molar-refractivity contribution in [2.75, 3.05) is 26.7 Å². The Labute approximate surface area is 321 Å². The summed E-state index contributed by atoms with van der Waals surface area (Å²) in [5.41, 5.74) is -0.831. The third-order valence-corrected chi connectivity index (χ3v) is 11.4. The molecular weight excluding hydrogens is 711 g/mol. The normalized spacial score (nSPS) is 25.7. The molecule has 1 aromatic carbocycles. The lowest BCUT2D eigenvalue weighted by Gasteiger charge is -2.45. The molecule has 14 nitrogen and oxygen atoms in total. The van der Waals surface area contributed by atoms with Gasteiger partial charge in [-0.1, -0.05) is 57.2 Å². The molecule has 5 atom stereocenters. The topological polar surface area (TPSA) is 175 Å². The number of fused-ring (bicyclic) bond motifs is 2. The molecule has 0 radical (unpaired) electrons. The third kappa shape index (κ3) is 9.71. The lowest BCUT2D eigenvalue weighted by Crippen LogP contribution is -2.65. The van der Waals surface area contributed by atoms with Crippen LogP contribution in [-0.4, -0.2) is 119 Å². The van der Waals surface area contributed by atoms with Crippen molar-refractivity contribution in [1.82, 2.24) is 30.7 Å². The molecule has 4 aliphatic rings. The van der Waals surface area contributed by atoms with E-state index < -0.39 is 89.6 Å². The Morgan fingerprint density at radius 2 is 1.67 bits per heavy atom. The molecule has 1 saturated carbocycles. The van der Waals surface area contributed by atoms with Gasteiger partial charge in [-0.3, -0.25) is 28.8 Å².